The Morgan fingerprint density at radius 1 is 1.35 bits per heavy atom. The van der Waals surface area contributed by atoms with Gasteiger partial charge in [-0.3, -0.25) is 9.48 Å². The Balaban J connectivity index is 1.52. The fourth-order valence-corrected chi connectivity index (χ4v) is 3.94. The van der Waals surface area contributed by atoms with E-state index in [-0.39, 0.29) is 5.91 Å². The molecule has 1 amide bonds. The highest BCUT2D eigenvalue weighted by Gasteiger charge is 2.26. The van der Waals surface area contributed by atoms with Gasteiger partial charge in [-0.1, -0.05) is 13.3 Å². The van der Waals surface area contributed by atoms with Gasteiger partial charge in [-0.05, 0) is 57.5 Å². The van der Waals surface area contributed by atoms with Crippen LogP contribution in [0.2, 0.25) is 0 Å². The van der Waals surface area contributed by atoms with Gasteiger partial charge in [0.1, 0.15) is 0 Å². The second-order valence-corrected chi connectivity index (χ2v) is 7.12. The molecule has 5 heteroatoms. The topological polar surface area (TPSA) is 50.2 Å². The zero-order valence-corrected chi connectivity index (χ0v) is 14.6. The molecule has 5 nitrogen and oxygen atoms in total. The quantitative estimate of drug-likeness (QED) is 0.874. The molecule has 1 saturated heterocycles. The van der Waals surface area contributed by atoms with Gasteiger partial charge in [0.25, 0.3) is 5.91 Å². The maximum Gasteiger partial charge on any atom is 0.272 e. The minimum atomic E-state index is 0.0239. The normalized spacial score (nSPS) is 21.4. The van der Waals surface area contributed by atoms with Crippen molar-refractivity contribution in [2.75, 3.05) is 26.2 Å². The van der Waals surface area contributed by atoms with Gasteiger partial charge in [0.2, 0.25) is 0 Å². The number of carbonyl (C=O) groups excluding carboxylic acids is 1. The number of aryl methyl sites for hydroxylation is 1. The van der Waals surface area contributed by atoms with E-state index >= 15 is 0 Å². The minimum absolute atomic E-state index is 0.0239. The van der Waals surface area contributed by atoms with Crippen molar-refractivity contribution >= 4 is 5.91 Å². The van der Waals surface area contributed by atoms with Gasteiger partial charge in [-0.25, -0.2) is 0 Å². The van der Waals surface area contributed by atoms with Gasteiger partial charge in [0.15, 0.2) is 5.69 Å². The van der Waals surface area contributed by atoms with Gasteiger partial charge in [-0.2, -0.15) is 5.10 Å². The van der Waals surface area contributed by atoms with E-state index in [1.165, 1.54) is 56.5 Å². The lowest BCUT2D eigenvalue weighted by Crippen LogP contribution is -2.32. The SMILES string of the molecule is CCCCN1CC[C@@H](CNC(=O)c2nn(C)c3c2CCCC3)C1. The fraction of sp³-hybridized carbons (Fsp3) is 0.778. The van der Waals surface area contributed by atoms with Crippen molar-refractivity contribution < 1.29 is 4.79 Å². The molecule has 0 aromatic carbocycles. The van der Waals surface area contributed by atoms with Crippen LogP contribution < -0.4 is 5.32 Å². The van der Waals surface area contributed by atoms with E-state index in [0.29, 0.717) is 11.6 Å². The monoisotopic (exact) mass is 318 g/mol. The predicted molar refractivity (Wildman–Crippen MR) is 91.6 cm³/mol. The summed E-state index contributed by atoms with van der Waals surface area (Å²) in [7, 11) is 1.96. The molecule has 1 atom stereocenters. The molecule has 128 valence electrons. The molecule has 1 aromatic rings. The van der Waals surface area contributed by atoms with Crippen LogP contribution >= 0.6 is 0 Å². The standard InChI is InChI=1S/C18H30N4O/c1-3-4-10-22-11-9-14(13-22)12-19-18(23)17-15-7-5-6-8-16(15)21(2)20-17/h14H,3-13H2,1-2H3,(H,19,23)/t14-/m0/s1. The zero-order chi connectivity index (χ0) is 16.2. The number of aromatic nitrogens is 2. The molecule has 2 aliphatic rings. The van der Waals surface area contributed by atoms with Crippen LogP contribution in [0.15, 0.2) is 0 Å². The van der Waals surface area contributed by atoms with Crippen molar-refractivity contribution in [3.05, 3.63) is 17.0 Å². The largest absolute Gasteiger partial charge is 0.350 e. The molecule has 1 fully saturated rings. The molecule has 0 unspecified atom stereocenters. The van der Waals surface area contributed by atoms with E-state index in [0.717, 1.165) is 25.9 Å². The lowest BCUT2D eigenvalue weighted by atomic mass is 9.95. The van der Waals surface area contributed by atoms with Crippen LogP contribution in [0.3, 0.4) is 0 Å². The van der Waals surface area contributed by atoms with Crippen molar-refractivity contribution in [1.29, 1.82) is 0 Å². The predicted octanol–water partition coefficient (Wildman–Crippen LogP) is 2.15. The lowest BCUT2D eigenvalue weighted by molar-refractivity contribution is 0.0940. The van der Waals surface area contributed by atoms with Crippen LogP contribution in [0.5, 0.6) is 0 Å². The summed E-state index contributed by atoms with van der Waals surface area (Å²) in [4.78, 5) is 15.1. The van der Waals surface area contributed by atoms with Gasteiger partial charge < -0.3 is 10.2 Å². The van der Waals surface area contributed by atoms with Crippen LogP contribution in [0.1, 0.15) is 60.8 Å². The highest BCUT2D eigenvalue weighted by Crippen LogP contribution is 2.24. The van der Waals surface area contributed by atoms with Crippen molar-refractivity contribution in [2.24, 2.45) is 13.0 Å². The second-order valence-electron chi connectivity index (χ2n) is 7.12. The lowest BCUT2D eigenvalue weighted by Gasteiger charge is -2.16. The number of likely N-dealkylation sites (tertiary alicyclic amines) is 1. The van der Waals surface area contributed by atoms with Gasteiger partial charge >= 0.3 is 0 Å². The van der Waals surface area contributed by atoms with Gasteiger partial charge in [0, 0.05) is 31.4 Å². The number of hydrogen-bond acceptors (Lipinski definition) is 3. The summed E-state index contributed by atoms with van der Waals surface area (Å²) in [5.41, 5.74) is 3.11. The highest BCUT2D eigenvalue weighted by atomic mass is 16.1. The summed E-state index contributed by atoms with van der Waals surface area (Å²) < 4.78 is 1.91. The first-order valence-corrected chi connectivity index (χ1v) is 9.24. The smallest absolute Gasteiger partial charge is 0.272 e. The molecule has 3 rings (SSSR count). The third-order valence-corrected chi connectivity index (χ3v) is 5.33. The maximum atomic E-state index is 12.5. The van der Waals surface area contributed by atoms with E-state index in [1.807, 2.05) is 11.7 Å². The van der Waals surface area contributed by atoms with Gasteiger partial charge in [-0.15, -0.1) is 0 Å². The molecule has 1 aliphatic heterocycles. The van der Waals surface area contributed by atoms with E-state index in [1.54, 1.807) is 0 Å². The van der Waals surface area contributed by atoms with E-state index < -0.39 is 0 Å². The number of fused-ring (bicyclic) bond motifs is 1. The third-order valence-electron chi connectivity index (χ3n) is 5.33. The number of nitrogens with zero attached hydrogens (tertiary/aromatic N) is 3. The molecule has 0 spiro atoms. The Kier molecular flexibility index (Phi) is 5.36. The first-order chi connectivity index (χ1) is 11.2. The van der Waals surface area contributed by atoms with Crippen LogP contribution in [0.25, 0.3) is 0 Å². The summed E-state index contributed by atoms with van der Waals surface area (Å²) >= 11 is 0. The molecule has 1 aliphatic carbocycles. The molecule has 0 saturated carbocycles. The summed E-state index contributed by atoms with van der Waals surface area (Å²) in [5, 5.41) is 7.63. The summed E-state index contributed by atoms with van der Waals surface area (Å²) in [6.07, 6.45) is 8.17. The van der Waals surface area contributed by atoms with Crippen LogP contribution in [-0.2, 0) is 19.9 Å². The molecule has 1 aromatic heterocycles. The van der Waals surface area contributed by atoms with Crippen molar-refractivity contribution in [1.82, 2.24) is 20.0 Å². The first-order valence-electron chi connectivity index (χ1n) is 9.24. The Labute approximate surface area is 139 Å². The average Bonchev–Trinajstić information content (AvgIpc) is 3.16. The van der Waals surface area contributed by atoms with Crippen LogP contribution in [0.4, 0.5) is 0 Å². The number of nitrogens with one attached hydrogen (secondary N) is 1. The molecule has 0 bridgehead atoms. The second kappa shape index (κ2) is 7.47. The van der Waals surface area contributed by atoms with E-state index in [4.69, 9.17) is 0 Å². The Morgan fingerprint density at radius 2 is 2.17 bits per heavy atom. The number of hydrogen-bond donors (Lipinski definition) is 1. The van der Waals surface area contributed by atoms with E-state index in [2.05, 4.69) is 22.2 Å². The Bertz CT molecular complexity index is 551. The molecular weight excluding hydrogens is 288 g/mol. The molecule has 1 N–H and O–H groups in total. The number of unbranched alkanes of at least 4 members (excludes halogenated alkanes) is 1. The number of carbonyl (C=O) groups is 1. The Hall–Kier alpha value is -1.36. The minimum Gasteiger partial charge on any atom is -0.350 e. The summed E-state index contributed by atoms with van der Waals surface area (Å²) in [6.45, 7) is 6.53. The van der Waals surface area contributed by atoms with Crippen LogP contribution in [-0.4, -0.2) is 46.8 Å². The van der Waals surface area contributed by atoms with Gasteiger partial charge in [0.05, 0.1) is 0 Å². The van der Waals surface area contributed by atoms with E-state index in [9.17, 15) is 4.79 Å². The van der Waals surface area contributed by atoms with Crippen LogP contribution in [0, 0.1) is 5.92 Å². The highest BCUT2D eigenvalue weighted by molar-refractivity contribution is 5.94. The third kappa shape index (κ3) is 3.77. The maximum absolute atomic E-state index is 12.5. The summed E-state index contributed by atoms with van der Waals surface area (Å²) in [6, 6.07) is 0. The molecule has 2 heterocycles. The fourth-order valence-electron chi connectivity index (χ4n) is 3.94. The summed E-state index contributed by atoms with van der Waals surface area (Å²) in [5.74, 6) is 0.617. The zero-order valence-electron chi connectivity index (χ0n) is 14.6. The molecular formula is C18H30N4O. The average molecular weight is 318 g/mol. The van der Waals surface area contributed by atoms with Crippen molar-refractivity contribution in [3.8, 4) is 0 Å². The Morgan fingerprint density at radius 3 is 3.00 bits per heavy atom. The first kappa shape index (κ1) is 16.5. The van der Waals surface area contributed by atoms with Crippen molar-refractivity contribution in [3.63, 3.8) is 0 Å². The van der Waals surface area contributed by atoms with Crippen molar-refractivity contribution in [2.45, 2.75) is 51.9 Å². The number of rotatable bonds is 6. The molecule has 23 heavy (non-hydrogen) atoms. The number of amides is 1. The molecule has 0 radical (unpaired) electrons.